The van der Waals surface area contributed by atoms with Gasteiger partial charge in [0.25, 0.3) is 0 Å². The van der Waals surface area contributed by atoms with Gasteiger partial charge < -0.3 is 14.3 Å². The van der Waals surface area contributed by atoms with Gasteiger partial charge in [-0.1, -0.05) is 18.5 Å². The lowest BCUT2D eigenvalue weighted by Gasteiger charge is -2.29. The van der Waals surface area contributed by atoms with Crippen molar-refractivity contribution < 1.29 is 23.9 Å². The minimum absolute atomic E-state index is 0.0659. The highest BCUT2D eigenvalue weighted by molar-refractivity contribution is 6.23. The van der Waals surface area contributed by atoms with E-state index in [0.717, 1.165) is 29.7 Å². The summed E-state index contributed by atoms with van der Waals surface area (Å²) in [6.07, 6.45) is 3.05. The molecule has 1 aromatic carbocycles. The zero-order chi connectivity index (χ0) is 22.7. The van der Waals surface area contributed by atoms with Crippen LogP contribution in [0.15, 0.2) is 16.5 Å². The Morgan fingerprint density at radius 2 is 1.87 bits per heavy atom. The Morgan fingerprint density at radius 3 is 2.52 bits per heavy atom. The monoisotopic (exact) mass is 427 g/mol. The summed E-state index contributed by atoms with van der Waals surface area (Å²) in [6.45, 7) is 12.6. The third-order valence-corrected chi connectivity index (χ3v) is 6.27. The van der Waals surface area contributed by atoms with E-state index in [-0.39, 0.29) is 11.7 Å². The second-order valence-electron chi connectivity index (χ2n) is 8.32. The molecule has 1 aliphatic carbocycles. The van der Waals surface area contributed by atoms with Crippen LogP contribution in [-0.4, -0.2) is 30.7 Å². The molecule has 1 unspecified atom stereocenters. The molecular formula is C25H33NO5. The zero-order valence-corrected chi connectivity index (χ0v) is 19.5. The van der Waals surface area contributed by atoms with Crippen LogP contribution in [-0.2, 0) is 25.6 Å². The van der Waals surface area contributed by atoms with Gasteiger partial charge in [0.05, 0.1) is 17.9 Å². The summed E-state index contributed by atoms with van der Waals surface area (Å²) < 4.78 is 11.6. The summed E-state index contributed by atoms with van der Waals surface area (Å²) in [5.74, 6) is 0.702. The van der Waals surface area contributed by atoms with Gasteiger partial charge in [0.1, 0.15) is 18.1 Å². The number of allylic oxidation sites excluding steroid dienone is 2. The quantitative estimate of drug-likeness (QED) is 0.348. The van der Waals surface area contributed by atoms with Crippen LogP contribution in [0.3, 0.4) is 0 Å². The van der Waals surface area contributed by atoms with Crippen LogP contribution >= 0.6 is 0 Å². The molecule has 0 saturated carbocycles. The standard InChI is InChI=1S/C25H33NO5/c1-7-9-20(26-30-8-2)24-21(28)12-18(13-22(24)31-17(6)27)23-16(5)14(3)15(4)19-10-11-29-25(19)23/h18H,7-13H2,1-6H3. The summed E-state index contributed by atoms with van der Waals surface area (Å²) in [5.41, 5.74) is 6.92. The summed E-state index contributed by atoms with van der Waals surface area (Å²) in [5, 5.41) is 4.18. The van der Waals surface area contributed by atoms with Gasteiger partial charge in [-0.15, -0.1) is 0 Å². The van der Waals surface area contributed by atoms with Crippen molar-refractivity contribution >= 4 is 17.5 Å². The van der Waals surface area contributed by atoms with Crippen molar-refractivity contribution in [2.75, 3.05) is 13.2 Å². The predicted molar refractivity (Wildman–Crippen MR) is 120 cm³/mol. The Labute approximate surface area is 184 Å². The Morgan fingerprint density at radius 1 is 1.13 bits per heavy atom. The lowest BCUT2D eigenvalue weighted by Crippen LogP contribution is -2.26. The van der Waals surface area contributed by atoms with Crippen LogP contribution in [0.5, 0.6) is 5.75 Å². The van der Waals surface area contributed by atoms with E-state index in [1.807, 2.05) is 13.8 Å². The average molecular weight is 428 g/mol. The van der Waals surface area contributed by atoms with Gasteiger partial charge in [-0.3, -0.25) is 9.59 Å². The molecule has 0 N–H and O–H groups in total. The summed E-state index contributed by atoms with van der Waals surface area (Å²) in [6, 6.07) is 0. The topological polar surface area (TPSA) is 74.2 Å². The molecule has 31 heavy (non-hydrogen) atoms. The maximum atomic E-state index is 13.4. The fourth-order valence-corrected chi connectivity index (χ4v) is 4.69. The number of Topliss-reactive ketones (excluding diaryl/α,β-unsaturated/α-hetero) is 1. The van der Waals surface area contributed by atoms with Crippen molar-refractivity contribution in [2.45, 2.75) is 79.6 Å². The molecule has 1 heterocycles. The average Bonchev–Trinajstić information content (AvgIpc) is 3.19. The highest BCUT2D eigenvalue weighted by Crippen LogP contribution is 2.46. The number of ketones is 1. The van der Waals surface area contributed by atoms with Crippen molar-refractivity contribution in [3.63, 3.8) is 0 Å². The van der Waals surface area contributed by atoms with E-state index >= 15 is 0 Å². The van der Waals surface area contributed by atoms with Gasteiger partial charge >= 0.3 is 5.97 Å². The smallest absolute Gasteiger partial charge is 0.307 e. The number of fused-ring (bicyclic) bond motifs is 1. The minimum Gasteiger partial charge on any atom is -0.493 e. The first kappa shape index (κ1) is 23.0. The van der Waals surface area contributed by atoms with Gasteiger partial charge in [-0.25, -0.2) is 0 Å². The second kappa shape index (κ2) is 9.67. The van der Waals surface area contributed by atoms with Gasteiger partial charge in [-0.2, -0.15) is 0 Å². The van der Waals surface area contributed by atoms with Crippen molar-refractivity contribution in [1.82, 2.24) is 0 Å². The van der Waals surface area contributed by atoms with E-state index in [1.165, 1.54) is 23.6 Å². The number of oxime groups is 1. The number of carbonyl (C=O) groups excluding carboxylic acids is 2. The third kappa shape index (κ3) is 4.53. The molecule has 1 aromatic rings. The largest absolute Gasteiger partial charge is 0.493 e. The normalized spacial score (nSPS) is 18.7. The fourth-order valence-electron chi connectivity index (χ4n) is 4.69. The second-order valence-corrected chi connectivity index (χ2v) is 8.32. The molecular weight excluding hydrogens is 394 g/mol. The molecule has 0 aromatic heterocycles. The Hall–Kier alpha value is -2.63. The van der Waals surface area contributed by atoms with Gasteiger partial charge in [0, 0.05) is 43.2 Å². The lowest BCUT2D eigenvalue weighted by atomic mass is 9.77. The molecule has 6 nitrogen and oxygen atoms in total. The Balaban J connectivity index is 2.11. The van der Waals surface area contributed by atoms with Gasteiger partial charge in [0.15, 0.2) is 5.78 Å². The first-order chi connectivity index (χ1) is 14.8. The molecule has 6 heteroatoms. The predicted octanol–water partition coefficient (Wildman–Crippen LogP) is 5.00. The van der Waals surface area contributed by atoms with Crippen molar-refractivity contribution in [2.24, 2.45) is 5.16 Å². The molecule has 168 valence electrons. The number of ether oxygens (including phenoxy) is 2. The number of carbonyl (C=O) groups is 2. The highest BCUT2D eigenvalue weighted by Gasteiger charge is 2.37. The van der Waals surface area contributed by atoms with E-state index < -0.39 is 5.97 Å². The molecule has 1 aliphatic heterocycles. The van der Waals surface area contributed by atoms with Gasteiger partial charge in [-0.05, 0) is 50.8 Å². The van der Waals surface area contributed by atoms with E-state index in [9.17, 15) is 9.59 Å². The number of esters is 1. The Bertz CT molecular complexity index is 957. The number of hydrogen-bond acceptors (Lipinski definition) is 6. The first-order valence-corrected chi connectivity index (χ1v) is 11.2. The van der Waals surface area contributed by atoms with Crippen LogP contribution in [0, 0.1) is 20.8 Å². The number of benzene rings is 1. The van der Waals surface area contributed by atoms with Crippen LogP contribution in [0.1, 0.15) is 80.2 Å². The van der Waals surface area contributed by atoms with Gasteiger partial charge in [0.2, 0.25) is 0 Å². The van der Waals surface area contributed by atoms with Crippen molar-refractivity contribution in [3.8, 4) is 5.75 Å². The van der Waals surface area contributed by atoms with E-state index in [4.69, 9.17) is 14.3 Å². The molecule has 0 radical (unpaired) electrons. The summed E-state index contributed by atoms with van der Waals surface area (Å²) in [4.78, 5) is 30.5. The molecule has 0 saturated heterocycles. The fraction of sp³-hybridized carbons (Fsp3) is 0.560. The number of nitrogens with zero attached hydrogens (tertiary/aromatic N) is 1. The summed E-state index contributed by atoms with van der Waals surface area (Å²) >= 11 is 0. The van der Waals surface area contributed by atoms with E-state index in [2.05, 4.69) is 25.9 Å². The van der Waals surface area contributed by atoms with Crippen LogP contribution in [0.4, 0.5) is 0 Å². The molecule has 3 rings (SSSR count). The van der Waals surface area contributed by atoms with Crippen molar-refractivity contribution in [3.05, 3.63) is 39.1 Å². The lowest BCUT2D eigenvalue weighted by molar-refractivity contribution is -0.137. The molecule has 0 spiro atoms. The number of rotatable bonds is 7. The molecule has 0 fully saturated rings. The van der Waals surface area contributed by atoms with Crippen LogP contribution in [0.2, 0.25) is 0 Å². The van der Waals surface area contributed by atoms with Crippen LogP contribution in [0.25, 0.3) is 0 Å². The van der Waals surface area contributed by atoms with E-state index in [1.54, 1.807) is 0 Å². The van der Waals surface area contributed by atoms with E-state index in [0.29, 0.717) is 49.5 Å². The highest BCUT2D eigenvalue weighted by atomic mass is 16.6. The van der Waals surface area contributed by atoms with Crippen molar-refractivity contribution in [1.29, 1.82) is 0 Å². The molecule has 2 aliphatic rings. The summed E-state index contributed by atoms with van der Waals surface area (Å²) in [7, 11) is 0. The number of hydrogen-bond donors (Lipinski definition) is 0. The zero-order valence-electron chi connectivity index (χ0n) is 19.5. The first-order valence-electron chi connectivity index (χ1n) is 11.2. The maximum absolute atomic E-state index is 13.4. The third-order valence-electron chi connectivity index (χ3n) is 6.27. The molecule has 0 bridgehead atoms. The SMILES string of the molecule is CCCC(=NOCC)C1=C(OC(C)=O)CC(c2c(C)c(C)c(C)c3c2OCC3)CC1=O. The molecule has 0 amide bonds. The molecule has 1 atom stereocenters. The minimum atomic E-state index is -0.438. The maximum Gasteiger partial charge on any atom is 0.307 e. The van der Waals surface area contributed by atoms with Crippen LogP contribution < -0.4 is 4.74 Å². The Kier molecular flexibility index (Phi) is 7.19.